The summed E-state index contributed by atoms with van der Waals surface area (Å²) in [4.78, 5) is 12.2. The Labute approximate surface area is 125 Å². The van der Waals surface area contributed by atoms with Crippen molar-refractivity contribution in [2.75, 3.05) is 5.32 Å². The highest BCUT2D eigenvalue weighted by Crippen LogP contribution is 2.18. The molecule has 0 saturated carbocycles. The highest BCUT2D eigenvalue weighted by molar-refractivity contribution is 6.07. The van der Waals surface area contributed by atoms with Crippen molar-refractivity contribution < 1.29 is 14.7 Å². The van der Waals surface area contributed by atoms with E-state index >= 15 is 0 Å². The largest absolute Gasteiger partial charge is 0.491 e. The van der Waals surface area contributed by atoms with Crippen LogP contribution in [-0.4, -0.2) is 23.1 Å². The number of benzene rings is 1. The molecule has 0 radical (unpaired) electrons. The van der Waals surface area contributed by atoms with Gasteiger partial charge in [0.15, 0.2) is 5.84 Å². The minimum Gasteiger partial charge on any atom is -0.491 e. The number of hydrogen-bond acceptors (Lipinski definition) is 4. The van der Waals surface area contributed by atoms with E-state index in [1.807, 2.05) is 20.8 Å². The molecule has 0 fully saturated rings. The molecular weight excluding hydrogens is 270 g/mol. The normalized spacial score (nSPS) is 13.0. The third-order valence-electron chi connectivity index (χ3n) is 2.86. The van der Waals surface area contributed by atoms with Gasteiger partial charge in [-0.3, -0.25) is 4.79 Å². The fourth-order valence-corrected chi connectivity index (χ4v) is 1.89. The van der Waals surface area contributed by atoms with Crippen LogP contribution in [0.1, 0.15) is 33.6 Å². The van der Waals surface area contributed by atoms with Gasteiger partial charge in [0.05, 0.1) is 12.0 Å². The zero-order valence-electron chi connectivity index (χ0n) is 12.7. The number of nitrogens with two attached hydrogens (primary N) is 1. The molecule has 21 heavy (non-hydrogen) atoms. The SMILES string of the molecule is CCCC(C(=O)Nc1ccc(OC(C)C)cc1)C(N)=NO. The van der Waals surface area contributed by atoms with Crippen LogP contribution in [-0.2, 0) is 4.79 Å². The quantitative estimate of drug-likeness (QED) is 0.311. The van der Waals surface area contributed by atoms with Crippen molar-refractivity contribution in [3.05, 3.63) is 24.3 Å². The summed E-state index contributed by atoms with van der Waals surface area (Å²) in [5.41, 5.74) is 6.20. The van der Waals surface area contributed by atoms with Gasteiger partial charge >= 0.3 is 0 Å². The van der Waals surface area contributed by atoms with Gasteiger partial charge in [0.25, 0.3) is 0 Å². The van der Waals surface area contributed by atoms with Crippen LogP contribution in [0.3, 0.4) is 0 Å². The summed E-state index contributed by atoms with van der Waals surface area (Å²) >= 11 is 0. The second-order valence-electron chi connectivity index (χ2n) is 5.05. The third kappa shape index (κ3) is 5.33. The van der Waals surface area contributed by atoms with Gasteiger partial charge < -0.3 is 21.0 Å². The van der Waals surface area contributed by atoms with Crippen molar-refractivity contribution in [2.24, 2.45) is 16.8 Å². The summed E-state index contributed by atoms with van der Waals surface area (Å²) < 4.78 is 5.53. The van der Waals surface area contributed by atoms with Gasteiger partial charge in [-0.2, -0.15) is 0 Å². The lowest BCUT2D eigenvalue weighted by Crippen LogP contribution is -2.34. The number of amidine groups is 1. The van der Waals surface area contributed by atoms with Crippen molar-refractivity contribution in [3.63, 3.8) is 0 Å². The van der Waals surface area contributed by atoms with Crippen LogP contribution in [0.25, 0.3) is 0 Å². The molecule has 4 N–H and O–H groups in total. The fourth-order valence-electron chi connectivity index (χ4n) is 1.89. The van der Waals surface area contributed by atoms with Crippen molar-refractivity contribution in [1.29, 1.82) is 0 Å². The molecule has 0 saturated heterocycles. The number of ether oxygens (including phenoxy) is 1. The molecule has 1 aromatic rings. The number of hydrogen-bond donors (Lipinski definition) is 3. The maximum atomic E-state index is 12.2. The number of rotatable bonds is 7. The Morgan fingerprint density at radius 2 is 2.00 bits per heavy atom. The van der Waals surface area contributed by atoms with Gasteiger partial charge in [0, 0.05) is 5.69 Å². The first-order valence-corrected chi connectivity index (χ1v) is 7.03. The molecule has 1 amide bonds. The zero-order valence-corrected chi connectivity index (χ0v) is 12.7. The highest BCUT2D eigenvalue weighted by Gasteiger charge is 2.22. The average Bonchev–Trinajstić information content (AvgIpc) is 2.45. The predicted octanol–water partition coefficient (Wildman–Crippen LogP) is 2.57. The molecule has 0 spiro atoms. The first kappa shape index (κ1) is 16.8. The average molecular weight is 293 g/mol. The van der Waals surface area contributed by atoms with Gasteiger partial charge in [-0.25, -0.2) is 0 Å². The van der Waals surface area contributed by atoms with Gasteiger partial charge in [0.2, 0.25) is 5.91 Å². The van der Waals surface area contributed by atoms with Crippen molar-refractivity contribution in [1.82, 2.24) is 0 Å². The molecule has 1 unspecified atom stereocenters. The lowest BCUT2D eigenvalue weighted by Gasteiger charge is -2.15. The summed E-state index contributed by atoms with van der Waals surface area (Å²) in [6.07, 6.45) is 1.38. The number of anilines is 1. The molecule has 1 rings (SSSR count). The molecule has 0 aliphatic carbocycles. The summed E-state index contributed by atoms with van der Waals surface area (Å²) in [5, 5.41) is 14.4. The number of carbonyl (C=O) groups is 1. The van der Waals surface area contributed by atoms with Crippen LogP contribution in [0.4, 0.5) is 5.69 Å². The number of nitrogens with zero attached hydrogens (tertiary/aromatic N) is 1. The lowest BCUT2D eigenvalue weighted by atomic mass is 10.0. The van der Waals surface area contributed by atoms with Gasteiger partial charge in [-0.1, -0.05) is 18.5 Å². The van der Waals surface area contributed by atoms with Crippen LogP contribution < -0.4 is 15.8 Å². The summed E-state index contributed by atoms with van der Waals surface area (Å²) in [5.74, 6) is -0.255. The zero-order chi connectivity index (χ0) is 15.8. The van der Waals surface area contributed by atoms with E-state index in [2.05, 4.69) is 10.5 Å². The number of nitrogens with one attached hydrogen (secondary N) is 1. The van der Waals surface area contributed by atoms with Crippen LogP contribution in [0, 0.1) is 5.92 Å². The van der Waals surface area contributed by atoms with Crippen LogP contribution in [0.2, 0.25) is 0 Å². The number of amides is 1. The molecule has 0 aromatic heterocycles. The van der Waals surface area contributed by atoms with E-state index in [0.29, 0.717) is 12.1 Å². The van der Waals surface area contributed by atoms with E-state index in [-0.39, 0.29) is 17.8 Å². The van der Waals surface area contributed by atoms with E-state index in [0.717, 1.165) is 12.2 Å². The summed E-state index contributed by atoms with van der Waals surface area (Å²) in [6.45, 7) is 5.83. The van der Waals surface area contributed by atoms with Gasteiger partial charge in [0.1, 0.15) is 5.75 Å². The predicted molar refractivity (Wildman–Crippen MR) is 82.6 cm³/mol. The Balaban J connectivity index is 2.72. The molecule has 0 aliphatic heterocycles. The van der Waals surface area contributed by atoms with Crippen LogP contribution in [0.15, 0.2) is 29.4 Å². The first-order chi connectivity index (χ1) is 9.97. The lowest BCUT2D eigenvalue weighted by molar-refractivity contribution is -0.118. The molecule has 1 atom stereocenters. The minimum atomic E-state index is -0.633. The fraction of sp³-hybridized carbons (Fsp3) is 0.467. The van der Waals surface area contributed by atoms with Crippen LogP contribution in [0.5, 0.6) is 5.75 Å². The van der Waals surface area contributed by atoms with E-state index in [4.69, 9.17) is 15.7 Å². The molecule has 6 nitrogen and oxygen atoms in total. The molecule has 6 heteroatoms. The van der Waals surface area contributed by atoms with Crippen molar-refractivity contribution in [2.45, 2.75) is 39.7 Å². The van der Waals surface area contributed by atoms with Crippen LogP contribution >= 0.6 is 0 Å². The topological polar surface area (TPSA) is 96.9 Å². The van der Waals surface area contributed by atoms with Crippen molar-refractivity contribution >= 4 is 17.4 Å². The molecule has 116 valence electrons. The minimum absolute atomic E-state index is 0.0749. The Bertz CT molecular complexity index is 483. The maximum absolute atomic E-state index is 12.2. The maximum Gasteiger partial charge on any atom is 0.235 e. The molecule has 0 aliphatic rings. The second kappa shape index (κ2) is 8.14. The molecule has 0 heterocycles. The van der Waals surface area contributed by atoms with E-state index in [1.165, 1.54) is 0 Å². The van der Waals surface area contributed by atoms with E-state index in [9.17, 15) is 4.79 Å². The van der Waals surface area contributed by atoms with Gasteiger partial charge in [-0.05, 0) is 44.5 Å². The summed E-state index contributed by atoms with van der Waals surface area (Å²) in [7, 11) is 0. The smallest absolute Gasteiger partial charge is 0.235 e. The Hall–Kier alpha value is -2.24. The van der Waals surface area contributed by atoms with E-state index in [1.54, 1.807) is 24.3 Å². The Morgan fingerprint density at radius 3 is 2.48 bits per heavy atom. The van der Waals surface area contributed by atoms with E-state index < -0.39 is 5.92 Å². The standard InChI is InChI=1S/C15H23N3O3/c1-4-5-13(14(16)18-20)15(19)17-11-6-8-12(9-7-11)21-10(2)3/h6-10,13,20H,4-5H2,1-3H3,(H2,16,18)(H,17,19). The Kier molecular flexibility index (Phi) is 6.52. The molecular formula is C15H23N3O3. The molecule has 1 aromatic carbocycles. The number of oxime groups is 1. The monoisotopic (exact) mass is 293 g/mol. The first-order valence-electron chi connectivity index (χ1n) is 7.03. The molecule has 0 bridgehead atoms. The summed E-state index contributed by atoms with van der Waals surface area (Å²) in [6, 6.07) is 7.08. The number of carbonyl (C=O) groups excluding carboxylic acids is 1. The second-order valence-corrected chi connectivity index (χ2v) is 5.05. The third-order valence-corrected chi connectivity index (χ3v) is 2.86. The highest BCUT2D eigenvalue weighted by atomic mass is 16.5. The van der Waals surface area contributed by atoms with Gasteiger partial charge in [-0.15, -0.1) is 0 Å². The van der Waals surface area contributed by atoms with Crippen molar-refractivity contribution in [3.8, 4) is 5.75 Å². The Morgan fingerprint density at radius 1 is 1.38 bits per heavy atom.